The van der Waals surface area contributed by atoms with Gasteiger partial charge in [-0.2, -0.15) is 15.0 Å². The summed E-state index contributed by atoms with van der Waals surface area (Å²) in [6, 6.07) is 123. The van der Waals surface area contributed by atoms with Gasteiger partial charge in [0.2, 0.25) is 0 Å². The molecule has 0 aliphatic rings. The Morgan fingerprint density at radius 1 is 0.227 bits per heavy atom. The second-order valence-electron chi connectivity index (χ2n) is 28.3. The number of rotatable bonds is 6. The normalized spacial score (nSPS) is 12.0. The summed E-state index contributed by atoms with van der Waals surface area (Å²) in [6.07, 6.45) is 5.64. The Labute approximate surface area is 626 Å². The summed E-state index contributed by atoms with van der Waals surface area (Å²) < 4.78 is 28.8. The highest BCUT2D eigenvalue weighted by atomic mass is 16.4. The molecule has 0 saturated carbocycles. The zero-order valence-electron chi connectivity index (χ0n) is 58.9. The lowest BCUT2D eigenvalue weighted by molar-refractivity contribution is 0.596. The molecule has 0 saturated heterocycles. The van der Waals surface area contributed by atoms with Crippen LogP contribution in [0.25, 0.3) is 215 Å². The standard InChI is InChI=1S/C33H20N4O.2C33H20N2O/c1-5-13-27-22(9-1)23-10-2-6-14-28(23)35(27)21-17-18-30-25(19-21)24-11-3-7-15-29(24)36(30)32-20-38-33-34-26-12-4-8-16-31(26)37(32)33;1-2-12-26-24(10-1)25-11-3-4-13-27(25)29-19-22(16-17-28(26)29)21-8-7-9-23(18-21)32-20-36-33-34-30-14-5-6-15-31(30)35(32)33;1-2-12-26-24(10-1)25-11-3-4-13-27(25)29-19-22(16-17-28(26)29)21-8-7-9-23(18-21)32-20-35-31-15-6-5-14-30(31)34-33(35)36-32/h1-20H;2*1-20H. The zero-order chi connectivity index (χ0) is 72.1. The van der Waals surface area contributed by atoms with Crippen LogP contribution >= 0.6 is 0 Å². The monoisotopic (exact) mass is 1410 g/mol. The van der Waals surface area contributed by atoms with Crippen LogP contribution in [0.5, 0.6) is 0 Å². The van der Waals surface area contributed by atoms with Crippen molar-refractivity contribution in [2.24, 2.45) is 0 Å². The van der Waals surface area contributed by atoms with E-state index in [-0.39, 0.29) is 0 Å². The fraction of sp³-hybridized carbons (Fsp3) is 0. The van der Waals surface area contributed by atoms with Gasteiger partial charge in [-0.1, -0.05) is 249 Å². The van der Waals surface area contributed by atoms with E-state index >= 15 is 0 Å². The number of hydrogen-bond acceptors (Lipinski definition) is 6. The lowest BCUT2D eigenvalue weighted by atomic mass is 9.92. The molecule has 25 aromatic rings. The van der Waals surface area contributed by atoms with E-state index < -0.39 is 0 Å². The first-order valence-electron chi connectivity index (χ1n) is 37.0. The molecule has 0 bridgehead atoms. The molecule has 110 heavy (non-hydrogen) atoms. The number of fused-ring (bicyclic) bond motifs is 27. The molecule has 514 valence electrons. The van der Waals surface area contributed by atoms with E-state index in [9.17, 15) is 0 Å². The Morgan fingerprint density at radius 3 is 1.15 bits per heavy atom. The Kier molecular flexibility index (Phi) is 13.5. The summed E-state index contributed by atoms with van der Waals surface area (Å²) in [7, 11) is 0. The number of hydrogen-bond donors (Lipinski definition) is 0. The minimum absolute atomic E-state index is 0.592. The summed E-state index contributed by atoms with van der Waals surface area (Å²) in [5.41, 5.74) is 19.6. The molecule has 0 aliphatic carbocycles. The van der Waals surface area contributed by atoms with Gasteiger partial charge in [0, 0.05) is 38.4 Å². The molecular weight excluding hydrogens is 1350 g/mol. The van der Waals surface area contributed by atoms with Gasteiger partial charge in [-0.25, -0.2) is 4.40 Å². The Hall–Kier alpha value is -15.1. The molecule has 8 aromatic heterocycles. The summed E-state index contributed by atoms with van der Waals surface area (Å²) >= 11 is 0. The van der Waals surface area contributed by atoms with Gasteiger partial charge < -0.3 is 17.8 Å². The van der Waals surface area contributed by atoms with Gasteiger partial charge in [-0.3, -0.25) is 13.4 Å². The predicted octanol–water partition coefficient (Wildman–Crippen LogP) is 26.0. The fourth-order valence-electron chi connectivity index (χ4n) is 17.3. The van der Waals surface area contributed by atoms with Crippen LogP contribution in [0.3, 0.4) is 0 Å². The van der Waals surface area contributed by atoms with E-state index in [0.29, 0.717) is 17.5 Å². The van der Waals surface area contributed by atoms with E-state index in [0.717, 1.165) is 83.8 Å². The van der Waals surface area contributed by atoms with Gasteiger partial charge in [0.15, 0.2) is 11.6 Å². The summed E-state index contributed by atoms with van der Waals surface area (Å²) in [5.74, 6) is 3.56. The van der Waals surface area contributed by atoms with E-state index in [1.165, 1.54) is 114 Å². The van der Waals surface area contributed by atoms with Gasteiger partial charge >= 0.3 is 17.5 Å². The number of aromatic nitrogens is 8. The molecule has 0 aliphatic heterocycles. The van der Waals surface area contributed by atoms with Crippen LogP contribution in [0.15, 0.2) is 378 Å². The number of imidazole rings is 3. The average molecular weight is 1410 g/mol. The fourth-order valence-corrected chi connectivity index (χ4v) is 17.3. The SMILES string of the molecule is c1cc(-c2ccc3c4ccccc4c4ccccc4c3c2)cc(-c2cn3c(nc4ccccc43)o2)c1.c1cc(-c2ccc3c4ccccc4c4ccccc4c3c2)cc(-c2coc3nc4ccccc4n23)c1.c1ccc2c(c1)nc1occ(-n3c4ccccc4c4cc(-n5c6ccccc6c6ccccc65)ccc43)n12. The third-order valence-corrected chi connectivity index (χ3v) is 22.3. The topological polar surface area (TPSA) is 101 Å². The molecule has 17 aromatic carbocycles. The molecule has 8 heterocycles. The first-order valence-corrected chi connectivity index (χ1v) is 37.0. The minimum atomic E-state index is 0.592. The number of benzene rings is 17. The van der Waals surface area contributed by atoms with Crippen LogP contribution in [0.2, 0.25) is 0 Å². The molecule has 0 fully saturated rings. The van der Waals surface area contributed by atoms with Gasteiger partial charge in [-0.15, -0.1) is 0 Å². The van der Waals surface area contributed by atoms with Crippen LogP contribution < -0.4 is 0 Å². The van der Waals surface area contributed by atoms with Crippen molar-refractivity contribution in [3.8, 4) is 56.3 Å². The maximum atomic E-state index is 6.16. The lowest BCUT2D eigenvalue weighted by Crippen LogP contribution is -1.98. The molecule has 25 rings (SSSR count). The molecule has 0 unspecified atom stereocenters. The second-order valence-corrected chi connectivity index (χ2v) is 28.3. The smallest absolute Gasteiger partial charge is 0.308 e. The third-order valence-electron chi connectivity index (χ3n) is 22.3. The summed E-state index contributed by atoms with van der Waals surface area (Å²) in [5, 5.41) is 20.3. The molecule has 0 N–H and O–H groups in total. The molecule has 0 atom stereocenters. The molecule has 11 nitrogen and oxygen atoms in total. The molecule has 0 radical (unpaired) electrons. The minimum Gasteiger partial charge on any atom is -0.431 e. The lowest BCUT2D eigenvalue weighted by Gasteiger charge is -2.12. The van der Waals surface area contributed by atoms with Crippen molar-refractivity contribution in [3.05, 3.63) is 365 Å². The highest BCUT2D eigenvalue weighted by Crippen LogP contribution is 2.43. The van der Waals surface area contributed by atoms with Gasteiger partial charge in [0.05, 0.1) is 67.1 Å². The first kappa shape index (κ1) is 61.3. The van der Waals surface area contributed by atoms with Crippen molar-refractivity contribution in [2.75, 3.05) is 0 Å². The van der Waals surface area contributed by atoms with Crippen LogP contribution in [-0.2, 0) is 0 Å². The maximum Gasteiger partial charge on any atom is 0.308 e. The van der Waals surface area contributed by atoms with Crippen LogP contribution in [0.4, 0.5) is 0 Å². The van der Waals surface area contributed by atoms with Gasteiger partial charge in [0.1, 0.15) is 12.5 Å². The number of para-hydroxylation sites is 9. The molecule has 0 spiro atoms. The highest BCUT2D eigenvalue weighted by molar-refractivity contribution is 6.27. The largest absolute Gasteiger partial charge is 0.431 e. The van der Waals surface area contributed by atoms with Gasteiger partial charge in [-0.05, 0) is 184 Å². The highest BCUT2D eigenvalue weighted by Gasteiger charge is 2.23. The predicted molar refractivity (Wildman–Crippen MR) is 450 cm³/mol. The first-order chi connectivity index (χ1) is 54.5. The second kappa shape index (κ2) is 24.2. The Morgan fingerprint density at radius 2 is 0.600 bits per heavy atom. The molecule has 0 amide bonds. The van der Waals surface area contributed by atoms with Crippen molar-refractivity contribution in [1.29, 1.82) is 0 Å². The summed E-state index contributed by atoms with van der Waals surface area (Å²) in [6.45, 7) is 0. The molecule has 11 heteroatoms. The number of nitrogens with zero attached hydrogens (tertiary/aromatic N) is 8. The zero-order valence-corrected chi connectivity index (χ0v) is 58.9. The van der Waals surface area contributed by atoms with Crippen LogP contribution in [-0.4, -0.2) is 37.3 Å². The van der Waals surface area contributed by atoms with Crippen LogP contribution in [0, 0.1) is 0 Å². The van der Waals surface area contributed by atoms with E-state index in [4.69, 9.17) is 18.2 Å². The van der Waals surface area contributed by atoms with Crippen molar-refractivity contribution < 1.29 is 13.3 Å². The quantitative estimate of drug-likeness (QED) is 0.154. The third kappa shape index (κ3) is 9.47. The van der Waals surface area contributed by atoms with E-state index in [1.54, 1.807) is 6.26 Å². The van der Waals surface area contributed by atoms with Crippen molar-refractivity contribution in [1.82, 2.24) is 37.3 Å². The maximum absolute atomic E-state index is 6.16. The van der Waals surface area contributed by atoms with E-state index in [1.807, 2.05) is 71.5 Å². The Bertz CT molecular complexity index is 7970. The average Bonchev–Trinajstić information content (AvgIpc) is 1.06. The van der Waals surface area contributed by atoms with Crippen LogP contribution in [0.1, 0.15) is 0 Å². The van der Waals surface area contributed by atoms with Crippen molar-refractivity contribution in [3.63, 3.8) is 0 Å². The van der Waals surface area contributed by atoms with Gasteiger partial charge in [0.25, 0.3) is 0 Å². The van der Waals surface area contributed by atoms with Crippen molar-refractivity contribution in [2.45, 2.75) is 0 Å². The van der Waals surface area contributed by atoms with E-state index in [2.05, 4.69) is 319 Å². The molecular formula is C99H60N8O3. The Balaban J connectivity index is 0.0000000991. The van der Waals surface area contributed by atoms with Crippen molar-refractivity contribution >= 4 is 159 Å². The summed E-state index contributed by atoms with van der Waals surface area (Å²) in [4.78, 5) is 13.9. The number of oxazole rings is 3.